The number of fused-ring (bicyclic) bond motifs is 1. The highest BCUT2D eigenvalue weighted by Gasteiger charge is 2.13. The Kier molecular flexibility index (Phi) is 5.84. The van der Waals surface area contributed by atoms with Gasteiger partial charge in [-0.25, -0.2) is 9.97 Å². The van der Waals surface area contributed by atoms with Crippen LogP contribution in [0.1, 0.15) is 35.8 Å². The number of nitrogens with one attached hydrogen (secondary N) is 2. The molecule has 2 heterocycles. The van der Waals surface area contributed by atoms with E-state index in [1.165, 1.54) is 10.9 Å². The van der Waals surface area contributed by atoms with E-state index in [1.807, 2.05) is 25.4 Å². The molecule has 3 aromatic rings. The lowest BCUT2D eigenvalue weighted by Gasteiger charge is -2.16. The molecule has 0 fully saturated rings. The number of carbonyl (C=O) groups excluding carboxylic acids is 1. The molecule has 6 nitrogen and oxygen atoms in total. The Morgan fingerprint density at radius 1 is 1.27 bits per heavy atom. The van der Waals surface area contributed by atoms with E-state index in [1.54, 1.807) is 17.2 Å². The lowest BCUT2D eigenvalue weighted by molar-refractivity contribution is 0.0787. The summed E-state index contributed by atoms with van der Waals surface area (Å²) < 4.78 is 0. The van der Waals surface area contributed by atoms with Crippen LogP contribution < -0.4 is 5.32 Å². The van der Waals surface area contributed by atoms with E-state index in [0.717, 1.165) is 31.3 Å². The number of H-pyrrole nitrogens is 1. The van der Waals surface area contributed by atoms with Gasteiger partial charge < -0.3 is 15.2 Å². The maximum absolute atomic E-state index is 12.4. The lowest BCUT2D eigenvalue weighted by Crippen LogP contribution is -2.28. The van der Waals surface area contributed by atoms with Gasteiger partial charge in [-0.1, -0.05) is 31.5 Å². The highest BCUT2D eigenvalue weighted by Crippen LogP contribution is 2.18. The third-order valence-corrected chi connectivity index (χ3v) is 4.42. The van der Waals surface area contributed by atoms with Gasteiger partial charge in [0.1, 0.15) is 5.69 Å². The molecule has 136 valence electrons. The molecule has 1 aromatic carbocycles. The van der Waals surface area contributed by atoms with Crippen LogP contribution in [0.15, 0.2) is 42.7 Å². The Balaban J connectivity index is 1.59. The van der Waals surface area contributed by atoms with Crippen LogP contribution >= 0.6 is 0 Å². The van der Waals surface area contributed by atoms with E-state index in [9.17, 15) is 4.79 Å². The summed E-state index contributed by atoms with van der Waals surface area (Å²) in [6.45, 7) is 3.55. The first kappa shape index (κ1) is 17.9. The Bertz CT molecular complexity index is 873. The largest absolute Gasteiger partial charge is 0.361 e. The summed E-state index contributed by atoms with van der Waals surface area (Å²) in [5.74, 6) is 0.417. The van der Waals surface area contributed by atoms with Crippen LogP contribution in [0.25, 0.3) is 10.9 Å². The molecule has 0 radical (unpaired) electrons. The first-order chi connectivity index (χ1) is 12.7. The second-order valence-electron chi connectivity index (χ2n) is 6.38. The molecule has 2 aromatic heterocycles. The molecule has 3 rings (SSSR count). The van der Waals surface area contributed by atoms with Crippen LogP contribution in [0.2, 0.25) is 0 Å². The summed E-state index contributed by atoms with van der Waals surface area (Å²) in [4.78, 5) is 26.0. The number of hydrogen-bond donors (Lipinski definition) is 2. The van der Waals surface area contributed by atoms with Crippen molar-refractivity contribution < 1.29 is 4.79 Å². The SMILES string of the molecule is CCCCN(C)C(=O)c1ccnc(NCCc2c[nH]c3ccccc23)n1. The lowest BCUT2D eigenvalue weighted by atomic mass is 10.1. The van der Waals surface area contributed by atoms with Crippen molar-refractivity contribution in [3.63, 3.8) is 0 Å². The van der Waals surface area contributed by atoms with Crippen LogP contribution in [0.4, 0.5) is 5.95 Å². The molecule has 0 saturated heterocycles. The van der Waals surface area contributed by atoms with Crippen LogP contribution in [-0.2, 0) is 6.42 Å². The third-order valence-electron chi connectivity index (χ3n) is 4.42. The maximum atomic E-state index is 12.4. The number of hydrogen-bond acceptors (Lipinski definition) is 4. The number of benzene rings is 1. The number of amides is 1. The highest BCUT2D eigenvalue weighted by molar-refractivity contribution is 5.92. The first-order valence-corrected chi connectivity index (χ1v) is 9.06. The molecule has 0 bridgehead atoms. The fraction of sp³-hybridized carbons (Fsp3) is 0.350. The van der Waals surface area contributed by atoms with Gasteiger partial charge in [0, 0.05) is 43.4 Å². The van der Waals surface area contributed by atoms with Crippen LogP contribution in [-0.4, -0.2) is 45.9 Å². The summed E-state index contributed by atoms with van der Waals surface area (Å²) >= 11 is 0. The van der Waals surface area contributed by atoms with Crippen LogP contribution in [0, 0.1) is 0 Å². The van der Waals surface area contributed by atoms with Gasteiger partial charge in [0.2, 0.25) is 5.95 Å². The minimum absolute atomic E-state index is 0.0690. The molecule has 0 saturated carbocycles. The maximum Gasteiger partial charge on any atom is 0.272 e. The Morgan fingerprint density at radius 2 is 2.12 bits per heavy atom. The second kappa shape index (κ2) is 8.47. The molecular formula is C20H25N5O. The fourth-order valence-electron chi connectivity index (χ4n) is 2.90. The highest BCUT2D eigenvalue weighted by atomic mass is 16.2. The predicted octanol–water partition coefficient (Wildman–Crippen LogP) is 3.48. The standard InChI is InChI=1S/C20H25N5O/c1-3-4-13-25(2)19(26)18-10-12-22-20(24-18)21-11-9-15-14-23-17-8-6-5-7-16(15)17/h5-8,10,12,14,23H,3-4,9,11,13H2,1-2H3,(H,21,22,24). The zero-order valence-electron chi connectivity index (χ0n) is 15.3. The molecule has 0 aliphatic heterocycles. The molecule has 2 N–H and O–H groups in total. The van der Waals surface area contributed by atoms with E-state index in [-0.39, 0.29) is 5.91 Å². The predicted molar refractivity (Wildman–Crippen MR) is 104 cm³/mol. The van der Waals surface area contributed by atoms with Crippen LogP contribution in [0.3, 0.4) is 0 Å². The topological polar surface area (TPSA) is 73.9 Å². The zero-order valence-corrected chi connectivity index (χ0v) is 15.3. The second-order valence-corrected chi connectivity index (χ2v) is 6.38. The number of para-hydroxylation sites is 1. The number of rotatable bonds is 8. The van der Waals surface area contributed by atoms with Gasteiger partial charge in [0.05, 0.1) is 0 Å². The molecule has 26 heavy (non-hydrogen) atoms. The van der Waals surface area contributed by atoms with Crippen molar-refractivity contribution in [2.75, 3.05) is 25.5 Å². The number of aromatic nitrogens is 3. The Morgan fingerprint density at radius 3 is 2.96 bits per heavy atom. The summed E-state index contributed by atoms with van der Waals surface area (Å²) in [6.07, 6.45) is 6.56. The van der Waals surface area contributed by atoms with Crippen molar-refractivity contribution >= 4 is 22.8 Å². The summed E-state index contributed by atoms with van der Waals surface area (Å²) in [5, 5.41) is 4.45. The fourth-order valence-corrected chi connectivity index (χ4v) is 2.90. The Hall–Kier alpha value is -2.89. The average Bonchev–Trinajstić information content (AvgIpc) is 3.09. The average molecular weight is 351 g/mol. The summed E-state index contributed by atoms with van der Waals surface area (Å²) in [5.41, 5.74) is 2.81. The smallest absolute Gasteiger partial charge is 0.272 e. The molecule has 0 spiro atoms. The molecular weight excluding hydrogens is 326 g/mol. The van der Waals surface area contributed by atoms with Gasteiger partial charge in [-0.2, -0.15) is 0 Å². The van der Waals surface area contributed by atoms with Crippen molar-refractivity contribution in [2.45, 2.75) is 26.2 Å². The van der Waals surface area contributed by atoms with E-state index in [2.05, 4.69) is 39.3 Å². The third kappa shape index (κ3) is 4.20. The quantitative estimate of drug-likeness (QED) is 0.651. The number of anilines is 1. The normalized spacial score (nSPS) is 10.8. The molecule has 0 unspecified atom stereocenters. The molecule has 1 amide bonds. The molecule has 0 atom stereocenters. The van der Waals surface area contributed by atoms with Gasteiger partial charge in [-0.3, -0.25) is 4.79 Å². The van der Waals surface area contributed by atoms with E-state index in [0.29, 0.717) is 18.2 Å². The van der Waals surface area contributed by atoms with Crippen LogP contribution in [0.5, 0.6) is 0 Å². The van der Waals surface area contributed by atoms with Crippen molar-refractivity contribution in [3.8, 4) is 0 Å². The van der Waals surface area contributed by atoms with Crippen molar-refractivity contribution in [1.82, 2.24) is 19.9 Å². The van der Waals surface area contributed by atoms with E-state index in [4.69, 9.17) is 0 Å². The van der Waals surface area contributed by atoms with Gasteiger partial charge >= 0.3 is 0 Å². The van der Waals surface area contributed by atoms with Crippen molar-refractivity contribution in [1.29, 1.82) is 0 Å². The Labute approximate surface area is 153 Å². The van der Waals surface area contributed by atoms with Crippen molar-refractivity contribution in [3.05, 3.63) is 54.0 Å². The summed E-state index contributed by atoms with van der Waals surface area (Å²) in [6, 6.07) is 9.91. The number of unbranched alkanes of at least 4 members (excludes halogenated alkanes) is 1. The van der Waals surface area contributed by atoms with Crippen molar-refractivity contribution in [2.24, 2.45) is 0 Å². The monoisotopic (exact) mass is 351 g/mol. The zero-order chi connectivity index (χ0) is 18.4. The number of aromatic amines is 1. The minimum atomic E-state index is -0.0690. The van der Waals surface area contributed by atoms with E-state index < -0.39 is 0 Å². The van der Waals surface area contributed by atoms with Gasteiger partial charge in [0.25, 0.3) is 5.91 Å². The summed E-state index contributed by atoms with van der Waals surface area (Å²) in [7, 11) is 1.81. The molecule has 6 heteroatoms. The number of carbonyl (C=O) groups is 1. The van der Waals surface area contributed by atoms with Gasteiger partial charge in [-0.05, 0) is 30.5 Å². The minimum Gasteiger partial charge on any atom is -0.361 e. The van der Waals surface area contributed by atoms with Gasteiger partial charge in [0.15, 0.2) is 0 Å². The number of nitrogens with zero attached hydrogens (tertiary/aromatic N) is 3. The first-order valence-electron chi connectivity index (χ1n) is 9.06. The molecule has 0 aliphatic carbocycles. The van der Waals surface area contributed by atoms with Gasteiger partial charge in [-0.15, -0.1) is 0 Å². The molecule has 0 aliphatic rings. The van der Waals surface area contributed by atoms with E-state index >= 15 is 0 Å².